The van der Waals surface area contributed by atoms with Gasteiger partial charge in [-0.2, -0.15) is 17.0 Å². The zero-order valence-corrected chi connectivity index (χ0v) is 12.6. The highest BCUT2D eigenvalue weighted by molar-refractivity contribution is 7.99. The monoisotopic (exact) mass is 285 g/mol. The molecule has 4 heteroatoms. The standard InChI is InChI=1S/C16H19N3S/c1-2-8-19-14-7-6-12(11-17)10-13(14)18-16(19)15-5-3-4-9-20-15/h6-7,10,15H,2-5,8-9H2,1H3. The summed E-state index contributed by atoms with van der Waals surface area (Å²) in [5, 5.41) is 9.56. The zero-order chi connectivity index (χ0) is 13.9. The van der Waals surface area contributed by atoms with Crippen LogP contribution in [0.15, 0.2) is 18.2 Å². The van der Waals surface area contributed by atoms with Crippen LogP contribution in [0.1, 0.15) is 49.2 Å². The van der Waals surface area contributed by atoms with Gasteiger partial charge in [0.15, 0.2) is 0 Å². The summed E-state index contributed by atoms with van der Waals surface area (Å²) in [7, 11) is 0. The molecule has 3 rings (SSSR count). The Labute approximate surface area is 124 Å². The molecule has 1 aliphatic rings. The molecule has 1 aliphatic heterocycles. The van der Waals surface area contributed by atoms with Crippen molar-refractivity contribution in [3.8, 4) is 6.07 Å². The van der Waals surface area contributed by atoms with Crippen molar-refractivity contribution in [2.75, 3.05) is 5.75 Å². The lowest BCUT2D eigenvalue weighted by atomic mass is 10.2. The van der Waals surface area contributed by atoms with E-state index in [9.17, 15) is 0 Å². The van der Waals surface area contributed by atoms with Gasteiger partial charge in [-0.15, -0.1) is 0 Å². The Morgan fingerprint density at radius 1 is 1.45 bits per heavy atom. The van der Waals surface area contributed by atoms with E-state index in [1.54, 1.807) is 0 Å². The second-order valence-electron chi connectivity index (χ2n) is 5.29. The van der Waals surface area contributed by atoms with Gasteiger partial charge in [0, 0.05) is 6.54 Å². The number of aromatic nitrogens is 2. The fourth-order valence-electron chi connectivity index (χ4n) is 2.87. The van der Waals surface area contributed by atoms with Gasteiger partial charge in [0.1, 0.15) is 5.82 Å². The largest absolute Gasteiger partial charge is 0.327 e. The highest BCUT2D eigenvalue weighted by atomic mass is 32.2. The van der Waals surface area contributed by atoms with Crippen LogP contribution in [0.5, 0.6) is 0 Å². The summed E-state index contributed by atoms with van der Waals surface area (Å²) in [4.78, 5) is 4.85. The third kappa shape index (κ3) is 2.43. The van der Waals surface area contributed by atoms with E-state index in [1.165, 1.54) is 36.4 Å². The summed E-state index contributed by atoms with van der Waals surface area (Å²) in [5.74, 6) is 2.45. The van der Waals surface area contributed by atoms with Crippen LogP contribution in [-0.2, 0) is 6.54 Å². The van der Waals surface area contributed by atoms with Crippen LogP contribution in [-0.4, -0.2) is 15.3 Å². The maximum atomic E-state index is 9.04. The van der Waals surface area contributed by atoms with Crippen molar-refractivity contribution in [2.24, 2.45) is 0 Å². The first kappa shape index (κ1) is 13.5. The number of nitriles is 1. The van der Waals surface area contributed by atoms with Crippen molar-refractivity contribution < 1.29 is 0 Å². The molecular formula is C16H19N3S. The summed E-state index contributed by atoms with van der Waals surface area (Å²) in [5.41, 5.74) is 2.84. The number of hydrogen-bond acceptors (Lipinski definition) is 3. The molecule has 1 unspecified atom stereocenters. The first-order chi connectivity index (χ1) is 9.83. The van der Waals surface area contributed by atoms with Gasteiger partial charge >= 0.3 is 0 Å². The number of hydrogen-bond donors (Lipinski definition) is 0. The van der Waals surface area contributed by atoms with Gasteiger partial charge in [-0.25, -0.2) is 4.98 Å². The van der Waals surface area contributed by atoms with E-state index in [-0.39, 0.29) is 0 Å². The van der Waals surface area contributed by atoms with Crippen LogP contribution in [0.4, 0.5) is 0 Å². The number of nitrogens with zero attached hydrogens (tertiary/aromatic N) is 3. The average molecular weight is 285 g/mol. The Hall–Kier alpha value is -1.47. The quantitative estimate of drug-likeness (QED) is 0.845. The number of rotatable bonds is 3. The Bertz CT molecular complexity index is 648. The molecular weight excluding hydrogens is 266 g/mol. The molecule has 0 spiro atoms. The molecule has 2 heterocycles. The van der Waals surface area contributed by atoms with Gasteiger partial charge in [-0.1, -0.05) is 13.3 Å². The highest BCUT2D eigenvalue weighted by Crippen LogP contribution is 2.39. The molecule has 1 atom stereocenters. The number of thioether (sulfide) groups is 1. The van der Waals surface area contributed by atoms with Crippen molar-refractivity contribution in [3.63, 3.8) is 0 Å². The van der Waals surface area contributed by atoms with E-state index in [1.807, 2.05) is 30.0 Å². The lowest BCUT2D eigenvalue weighted by molar-refractivity contribution is 0.603. The van der Waals surface area contributed by atoms with E-state index in [2.05, 4.69) is 17.6 Å². The lowest BCUT2D eigenvalue weighted by Gasteiger charge is -2.21. The van der Waals surface area contributed by atoms with E-state index >= 15 is 0 Å². The molecule has 1 aromatic heterocycles. The van der Waals surface area contributed by atoms with Gasteiger partial charge in [0.25, 0.3) is 0 Å². The Balaban J connectivity index is 2.09. The Kier molecular flexibility index (Phi) is 3.98. The minimum atomic E-state index is 0.522. The summed E-state index contributed by atoms with van der Waals surface area (Å²) < 4.78 is 2.36. The van der Waals surface area contributed by atoms with Gasteiger partial charge in [-0.05, 0) is 43.2 Å². The van der Waals surface area contributed by atoms with Crippen molar-refractivity contribution in [2.45, 2.75) is 44.4 Å². The summed E-state index contributed by atoms with van der Waals surface area (Å²) >= 11 is 2.03. The maximum absolute atomic E-state index is 9.04. The fourth-order valence-corrected chi connectivity index (χ4v) is 4.18. The second-order valence-corrected chi connectivity index (χ2v) is 6.60. The topological polar surface area (TPSA) is 41.6 Å². The van der Waals surface area contributed by atoms with Crippen molar-refractivity contribution in [1.29, 1.82) is 5.26 Å². The normalized spacial score (nSPS) is 19.1. The molecule has 1 aromatic carbocycles. The van der Waals surface area contributed by atoms with E-state index < -0.39 is 0 Å². The summed E-state index contributed by atoms with van der Waals surface area (Å²) in [6.45, 7) is 3.21. The minimum Gasteiger partial charge on any atom is -0.327 e. The van der Waals surface area contributed by atoms with Crippen molar-refractivity contribution in [3.05, 3.63) is 29.6 Å². The second kappa shape index (κ2) is 5.88. The molecule has 20 heavy (non-hydrogen) atoms. The molecule has 104 valence electrons. The van der Waals surface area contributed by atoms with Crippen LogP contribution < -0.4 is 0 Å². The SMILES string of the molecule is CCCn1c(C2CCCCS2)nc2cc(C#N)ccc21. The van der Waals surface area contributed by atoms with E-state index in [0.717, 1.165) is 18.5 Å². The number of benzene rings is 1. The van der Waals surface area contributed by atoms with Crippen molar-refractivity contribution >= 4 is 22.8 Å². The lowest BCUT2D eigenvalue weighted by Crippen LogP contribution is -2.10. The van der Waals surface area contributed by atoms with Gasteiger partial charge in [0.2, 0.25) is 0 Å². The van der Waals surface area contributed by atoms with Crippen LogP contribution in [0.25, 0.3) is 11.0 Å². The van der Waals surface area contributed by atoms with Crippen LogP contribution in [0.2, 0.25) is 0 Å². The predicted octanol–water partition coefficient (Wildman–Crippen LogP) is 4.28. The molecule has 0 bridgehead atoms. The Morgan fingerprint density at radius 3 is 3.05 bits per heavy atom. The van der Waals surface area contributed by atoms with Crippen LogP contribution >= 0.6 is 11.8 Å². The first-order valence-electron chi connectivity index (χ1n) is 7.35. The number of aryl methyl sites for hydroxylation is 1. The number of fused-ring (bicyclic) bond motifs is 1. The van der Waals surface area contributed by atoms with Crippen LogP contribution in [0, 0.1) is 11.3 Å². The molecule has 0 N–H and O–H groups in total. The molecule has 1 fully saturated rings. The predicted molar refractivity (Wildman–Crippen MR) is 83.8 cm³/mol. The zero-order valence-electron chi connectivity index (χ0n) is 11.8. The molecule has 1 saturated heterocycles. The third-order valence-corrected chi connectivity index (χ3v) is 5.20. The molecule has 3 nitrogen and oxygen atoms in total. The molecule has 0 radical (unpaired) electrons. The minimum absolute atomic E-state index is 0.522. The molecule has 0 amide bonds. The van der Waals surface area contributed by atoms with Gasteiger partial charge in [0.05, 0.1) is 27.9 Å². The Morgan fingerprint density at radius 2 is 2.35 bits per heavy atom. The average Bonchev–Trinajstić information content (AvgIpc) is 2.86. The maximum Gasteiger partial charge on any atom is 0.123 e. The summed E-state index contributed by atoms with van der Waals surface area (Å²) in [6.07, 6.45) is 4.96. The third-order valence-electron chi connectivity index (χ3n) is 3.82. The van der Waals surface area contributed by atoms with E-state index in [4.69, 9.17) is 10.2 Å². The summed E-state index contributed by atoms with van der Waals surface area (Å²) in [6, 6.07) is 8.07. The first-order valence-corrected chi connectivity index (χ1v) is 8.40. The van der Waals surface area contributed by atoms with Crippen LogP contribution in [0.3, 0.4) is 0 Å². The van der Waals surface area contributed by atoms with Gasteiger partial charge < -0.3 is 4.57 Å². The molecule has 0 aliphatic carbocycles. The molecule has 0 saturated carbocycles. The van der Waals surface area contributed by atoms with Crippen molar-refractivity contribution in [1.82, 2.24) is 9.55 Å². The smallest absolute Gasteiger partial charge is 0.123 e. The number of imidazole rings is 1. The molecule has 2 aromatic rings. The fraction of sp³-hybridized carbons (Fsp3) is 0.500. The highest BCUT2D eigenvalue weighted by Gasteiger charge is 2.22. The van der Waals surface area contributed by atoms with E-state index in [0.29, 0.717) is 10.8 Å². The van der Waals surface area contributed by atoms with Gasteiger partial charge in [-0.3, -0.25) is 0 Å².